The fourth-order valence-electron chi connectivity index (χ4n) is 1.74. The van der Waals surface area contributed by atoms with Gasteiger partial charge < -0.3 is 14.6 Å². The van der Waals surface area contributed by atoms with Gasteiger partial charge in [-0.3, -0.25) is 9.36 Å². The van der Waals surface area contributed by atoms with E-state index >= 15 is 0 Å². The Balaban J connectivity index is 4.37. The molecule has 0 aliphatic heterocycles. The van der Waals surface area contributed by atoms with Crippen LogP contribution in [0.15, 0.2) is 0 Å². The highest BCUT2D eigenvalue weighted by atomic mass is 31.2. The summed E-state index contributed by atoms with van der Waals surface area (Å²) >= 11 is 0. The van der Waals surface area contributed by atoms with Gasteiger partial charge in [-0.25, -0.2) is 4.79 Å². The summed E-state index contributed by atoms with van der Waals surface area (Å²) in [6, 6.07) is -0.208. The summed E-state index contributed by atoms with van der Waals surface area (Å²) in [4.78, 5) is 22.8. The van der Waals surface area contributed by atoms with Crippen molar-refractivity contribution in [1.82, 2.24) is 5.32 Å². The third-order valence-electron chi connectivity index (χ3n) is 2.49. The average molecular weight is 321 g/mol. The van der Waals surface area contributed by atoms with E-state index in [-0.39, 0.29) is 24.1 Å². The van der Waals surface area contributed by atoms with Crippen LogP contribution in [-0.2, 0) is 18.6 Å². The Morgan fingerprint density at radius 2 is 1.86 bits per heavy atom. The molecule has 21 heavy (non-hydrogen) atoms. The Morgan fingerprint density at radius 1 is 1.29 bits per heavy atom. The fourth-order valence-corrected chi connectivity index (χ4v) is 4.04. The average Bonchev–Trinajstić information content (AvgIpc) is 2.22. The number of alkyl carbamates (subject to hydrolysis) is 1. The molecule has 7 heteroatoms. The highest BCUT2D eigenvalue weighted by Crippen LogP contribution is 2.47. The van der Waals surface area contributed by atoms with Crippen LogP contribution in [0.5, 0.6) is 0 Å². The van der Waals surface area contributed by atoms with Gasteiger partial charge in [-0.2, -0.15) is 0 Å². The lowest BCUT2D eigenvalue weighted by atomic mass is 10.2. The van der Waals surface area contributed by atoms with Crippen LogP contribution in [0.4, 0.5) is 4.79 Å². The van der Waals surface area contributed by atoms with Crippen molar-refractivity contribution in [3.05, 3.63) is 0 Å². The molecule has 0 radical (unpaired) electrons. The van der Waals surface area contributed by atoms with Crippen molar-refractivity contribution in [1.29, 1.82) is 0 Å². The van der Waals surface area contributed by atoms with E-state index < -0.39 is 19.1 Å². The molecule has 0 aromatic carbocycles. The molecule has 0 aromatic rings. The van der Waals surface area contributed by atoms with Crippen molar-refractivity contribution in [3.63, 3.8) is 0 Å². The lowest BCUT2D eigenvalue weighted by Gasteiger charge is -2.23. The van der Waals surface area contributed by atoms with E-state index in [0.717, 1.165) is 0 Å². The molecule has 0 heterocycles. The minimum atomic E-state index is -2.96. The Bertz CT molecular complexity index is 403. The SMILES string of the molecule is CCOP(=O)(CCC(C)NC(=O)OC(C)(C)C)CC(C)=O. The van der Waals surface area contributed by atoms with Crippen LogP contribution in [0.1, 0.15) is 48.0 Å². The second-order valence-corrected chi connectivity index (χ2v) is 8.80. The van der Waals surface area contributed by atoms with Crippen molar-refractivity contribution in [3.8, 4) is 0 Å². The Kier molecular flexibility index (Phi) is 8.19. The molecule has 6 nitrogen and oxygen atoms in total. The Hall–Kier alpha value is -0.870. The molecule has 0 saturated heterocycles. The van der Waals surface area contributed by atoms with Crippen molar-refractivity contribution in [2.24, 2.45) is 0 Å². The quantitative estimate of drug-likeness (QED) is 0.694. The minimum Gasteiger partial charge on any atom is -0.444 e. The molecule has 2 unspecified atom stereocenters. The maximum Gasteiger partial charge on any atom is 0.407 e. The zero-order chi connectivity index (χ0) is 16.7. The van der Waals surface area contributed by atoms with Crippen molar-refractivity contribution in [2.75, 3.05) is 18.9 Å². The van der Waals surface area contributed by atoms with Crippen LogP contribution >= 0.6 is 7.37 Å². The summed E-state index contributed by atoms with van der Waals surface area (Å²) < 4.78 is 22.9. The van der Waals surface area contributed by atoms with Gasteiger partial charge in [-0.05, 0) is 48.0 Å². The predicted octanol–water partition coefficient (Wildman–Crippen LogP) is 3.19. The number of Topliss-reactive ketones (excluding diaryl/α,β-unsaturated/α-hetero) is 1. The van der Waals surface area contributed by atoms with Gasteiger partial charge in [-0.15, -0.1) is 0 Å². The van der Waals surface area contributed by atoms with E-state index in [2.05, 4.69) is 5.32 Å². The maximum atomic E-state index is 12.5. The Labute approximate surface area is 127 Å². The summed E-state index contributed by atoms with van der Waals surface area (Å²) in [5, 5.41) is 2.68. The van der Waals surface area contributed by atoms with Gasteiger partial charge in [0.1, 0.15) is 11.4 Å². The number of hydrogen-bond acceptors (Lipinski definition) is 5. The van der Waals surface area contributed by atoms with Gasteiger partial charge in [-0.1, -0.05) is 0 Å². The van der Waals surface area contributed by atoms with Crippen LogP contribution in [0.25, 0.3) is 0 Å². The molecule has 0 rings (SSSR count). The third-order valence-corrected chi connectivity index (χ3v) is 5.09. The smallest absolute Gasteiger partial charge is 0.407 e. The van der Waals surface area contributed by atoms with Crippen LogP contribution < -0.4 is 5.32 Å². The molecule has 0 spiro atoms. The van der Waals surface area contributed by atoms with Crippen LogP contribution in [-0.4, -0.2) is 42.5 Å². The van der Waals surface area contributed by atoms with Crippen LogP contribution in [0.3, 0.4) is 0 Å². The van der Waals surface area contributed by atoms with E-state index in [4.69, 9.17) is 9.26 Å². The zero-order valence-electron chi connectivity index (χ0n) is 13.9. The molecule has 0 aromatic heterocycles. The molecular weight excluding hydrogens is 293 g/mol. The molecule has 124 valence electrons. The maximum absolute atomic E-state index is 12.5. The molecule has 0 saturated carbocycles. The van der Waals surface area contributed by atoms with Gasteiger partial charge in [0, 0.05) is 12.2 Å². The first-order chi connectivity index (χ1) is 9.47. The van der Waals surface area contributed by atoms with E-state index in [1.54, 1.807) is 34.6 Å². The molecule has 0 aliphatic carbocycles. The Morgan fingerprint density at radius 3 is 2.29 bits per heavy atom. The van der Waals surface area contributed by atoms with Gasteiger partial charge in [0.05, 0.1) is 12.8 Å². The summed E-state index contributed by atoms with van der Waals surface area (Å²) in [7, 11) is -2.96. The number of carbonyl (C=O) groups excluding carboxylic acids is 2. The molecule has 1 N–H and O–H groups in total. The molecule has 2 atom stereocenters. The van der Waals surface area contributed by atoms with Crippen molar-refractivity contribution < 1.29 is 23.4 Å². The predicted molar refractivity (Wildman–Crippen MR) is 83.1 cm³/mol. The van der Waals surface area contributed by atoms with Crippen molar-refractivity contribution >= 4 is 19.2 Å². The van der Waals surface area contributed by atoms with Gasteiger partial charge >= 0.3 is 6.09 Å². The molecule has 1 amide bonds. The standard InChI is InChI=1S/C14H28NO5P/c1-7-19-21(18,10-12(3)16)9-8-11(2)15-13(17)20-14(4,5)6/h11H,7-10H2,1-6H3,(H,15,17). The number of ether oxygens (including phenoxy) is 1. The number of nitrogens with one attached hydrogen (secondary N) is 1. The molecule has 0 bridgehead atoms. The molecule has 0 aliphatic rings. The fraction of sp³-hybridized carbons (Fsp3) is 0.857. The second-order valence-electron chi connectivity index (χ2n) is 6.15. The van der Waals surface area contributed by atoms with Crippen LogP contribution in [0.2, 0.25) is 0 Å². The van der Waals surface area contributed by atoms with Gasteiger partial charge in [0.15, 0.2) is 0 Å². The van der Waals surface area contributed by atoms with Crippen molar-refractivity contribution in [2.45, 2.75) is 59.6 Å². The highest BCUT2D eigenvalue weighted by molar-refractivity contribution is 7.59. The number of carbonyl (C=O) groups is 2. The van der Waals surface area contributed by atoms with E-state index in [1.807, 2.05) is 0 Å². The van der Waals surface area contributed by atoms with Crippen LogP contribution in [0, 0.1) is 0 Å². The highest BCUT2D eigenvalue weighted by Gasteiger charge is 2.26. The monoisotopic (exact) mass is 321 g/mol. The number of hydrogen-bond donors (Lipinski definition) is 1. The summed E-state index contributed by atoms with van der Waals surface area (Å²) in [6.07, 6.45) is 0.161. The normalized spacial score (nSPS) is 15.9. The lowest BCUT2D eigenvalue weighted by Crippen LogP contribution is -2.38. The zero-order valence-corrected chi connectivity index (χ0v) is 14.8. The van der Waals surface area contributed by atoms with E-state index in [9.17, 15) is 14.2 Å². The van der Waals surface area contributed by atoms with Gasteiger partial charge in [0.25, 0.3) is 0 Å². The summed E-state index contributed by atoms with van der Waals surface area (Å²) in [6.45, 7) is 10.6. The summed E-state index contributed by atoms with van der Waals surface area (Å²) in [5.41, 5.74) is -0.557. The number of amides is 1. The number of rotatable bonds is 8. The van der Waals surface area contributed by atoms with E-state index in [0.29, 0.717) is 13.0 Å². The van der Waals surface area contributed by atoms with E-state index in [1.165, 1.54) is 6.92 Å². The largest absolute Gasteiger partial charge is 0.444 e. The third kappa shape index (κ3) is 10.5. The van der Waals surface area contributed by atoms with Gasteiger partial charge in [0.2, 0.25) is 7.37 Å². The topological polar surface area (TPSA) is 81.7 Å². The first-order valence-corrected chi connectivity index (χ1v) is 9.18. The molecular formula is C14H28NO5P. The minimum absolute atomic E-state index is 0.0556. The molecule has 0 fully saturated rings. The lowest BCUT2D eigenvalue weighted by molar-refractivity contribution is -0.114. The second kappa shape index (κ2) is 8.54. The number of ketones is 1. The first kappa shape index (κ1) is 20.1. The summed E-state index contributed by atoms with van der Waals surface area (Å²) in [5.74, 6) is -0.153. The first-order valence-electron chi connectivity index (χ1n) is 7.19.